The standard InChI is InChI=1S/C20H19N3O6S2/c1-28-14-8-10-15(11-9-14)29-13-18(24)21-22-20(25)16-5-2-3-6-17(16)23-31(26,27)19-7-4-12-30-19/h2-12,23H,13H2,1H3,(H,21,24)(H,22,25). The highest BCUT2D eigenvalue weighted by Gasteiger charge is 2.19. The van der Waals surface area contributed by atoms with Gasteiger partial charge in [0.15, 0.2) is 6.61 Å². The molecule has 0 atom stereocenters. The third kappa shape index (κ3) is 5.96. The summed E-state index contributed by atoms with van der Waals surface area (Å²) in [6.07, 6.45) is 0. The third-order valence-corrected chi connectivity index (χ3v) is 6.68. The number of sulfonamides is 1. The lowest BCUT2D eigenvalue weighted by Gasteiger charge is -2.13. The van der Waals surface area contributed by atoms with Crippen molar-refractivity contribution in [1.29, 1.82) is 0 Å². The zero-order valence-electron chi connectivity index (χ0n) is 16.3. The predicted octanol–water partition coefficient (Wildman–Crippen LogP) is 2.40. The predicted molar refractivity (Wildman–Crippen MR) is 116 cm³/mol. The van der Waals surface area contributed by atoms with Crippen molar-refractivity contribution in [2.24, 2.45) is 0 Å². The van der Waals surface area contributed by atoms with E-state index in [0.29, 0.717) is 11.5 Å². The number of ether oxygens (including phenoxy) is 2. The molecule has 1 heterocycles. The minimum Gasteiger partial charge on any atom is -0.497 e. The Morgan fingerprint density at radius 3 is 2.32 bits per heavy atom. The first-order valence-corrected chi connectivity index (χ1v) is 11.3. The molecule has 0 fully saturated rings. The van der Waals surface area contributed by atoms with Gasteiger partial charge in [-0.25, -0.2) is 8.42 Å². The number of hydrazine groups is 1. The molecule has 31 heavy (non-hydrogen) atoms. The van der Waals surface area contributed by atoms with Gasteiger partial charge in [-0.15, -0.1) is 11.3 Å². The monoisotopic (exact) mass is 461 g/mol. The van der Waals surface area contributed by atoms with Crippen molar-refractivity contribution in [2.45, 2.75) is 4.21 Å². The maximum atomic E-state index is 12.5. The van der Waals surface area contributed by atoms with Gasteiger partial charge in [0.25, 0.3) is 21.8 Å². The van der Waals surface area contributed by atoms with Crippen LogP contribution in [0.1, 0.15) is 10.4 Å². The number of thiophene rings is 1. The summed E-state index contributed by atoms with van der Waals surface area (Å²) >= 11 is 1.05. The van der Waals surface area contributed by atoms with Gasteiger partial charge in [-0.1, -0.05) is 18.2 Å². The number of carbonyl (C=O) groups excluding carboxylic acids is 2. The number of nitrogens with one attached hydrogen (secondary N) is 3. The lowest BCUT2D eigenvalue weighted by molar-refractivity contribution is -0.123. The van der Waals surface area contributed by atoms with Gasteiger partial charge in [0.2, 0.25) is 0 Å². The summed E-state index contributed by atoms with van der Waals surface area (Å²) in [6, 6.07) is 15.8. The van der Waals surface area contributed by atoms with Gasteiger partial charge in [-0.05, 0) is 47.8 Å². The van der Waals surface area contributed by atoms with Crippen LogP contribution in [-0.2, 0) is 14.8 Å². The van der Waals surface area contributed by atoms with Crippen LogP contribution in [0.15, 0.2) is 70.3 Å². The first kappa shape index (κ1) is 22.1. The number of hydrogen-bond acceptors (Lipinski definition) is 7. The summed E-state index contributed by atoms with van der Waals surface area (Å²) in [5.41, 5.74) is 4.59. The Morgan fingerprint density at radius 1 is 0.935 bits per heavy atom. The van der Waals surface area contributed by atoms with Gasteiger partial charge < -0.3 is 9.47 Å². The molecule has 0 aliphatic carbocycles. The quantitative estimate of drug-likeness (QED) is 0.443. The highest BCUT2D eigenvalue weighted by atomic mass is 32.2. The highest BCUT2D eigenvalue weighted by Crippen LogP contribution is 2.22. The van der Waals surface area contributed by atoms with E-state index in [9.17, 15) is 18.0 Å². The second-order valence-electron chi connectivity index (χ2n) is 6.05. The van der Waals surface area contributed by atoms with E-state index in [-0.39, 0.29) is 22.1 Å². The molecular weight excluding hydrogens is 442 g/mol. The third-order valence-electron chi connectivity index (χ3n) is 3.92. The zero-order valence-corrected chi connectivity index (χ0v) is 18.0. The lowest BCUT2D eigenvalue weighted by atomic mass is 10.2. The van der Waals surface area contributed by atoms with Crippen LogP contribution >= 0.6 is 11.3 Å². The molecule has 1 aromatic heterocycles. The van der Waals surface area contributed by atoms with E-state index in [1.54, 1.807) is 47.8 Å². The Morgan fingerprint density at radius 2 is 1.65 bits per heavy atom. The summed E-state index contributed by atoms with van der Waals surface area (Å²) in [4.78, 5) is 24.4. The van der Waals surface area contributed by atoms with Crippen molar-refractivity contribution in [2.75, 3.05) is 18.4 Å². The van der Waals surface area contributed by atoms with E-state index in [4.69, 9.17) is 9.47 Å². The van der Waals surface area contributed by atoms with Gasteiger partial charge in [0, 0.05) is 0 Å². The van der Waals surface area contributed by atoms with E-state index < -0.39 is 21.8 Å². The molecule has 0 bridgehead atoms. The SMILES string of the molecule is COc1ccc(OCC(=O)NNC(=O)c2ccccc2NS(=O)(=O)c2cccs2)cc1. The average molecular weight is 462 g/mol. The lowest BCUT2D eigenvalue weighted by Crippen LogP contribution is -2.44. The molecule has 0 radical (unpaired) electrons. The summed E-state index contributed by atoms with van der Waals surface area (Å²) in [6.45, 7) is -0.334. The Hall–Kier alpha value is -3.57. The van der Waals surface area contributed by atoms with Gasteiger partial charge in [0.05, 0.1) is 18.4 Å². The van der Waals surface area contributed by atoms with Crippen LogP contribution in [0.25, 0.3) is 0 Å². The fraction of sp³-hybridized carbons (Fsp3) is 0.100. The number of hydrogen-bond donors (Lipinski definition) is 3. The number of para-hydroxylation sites is 1. The Bertz CT molecular complexity index is 1150. The number of anilines is 1. The van der Waals surface area contributed by atoms with E-state index in [0.717, 1.165) is 11.3 Å². The van der Waals surface area contributed by atoms with Crippen LogP contribution in [0.4, 0.5) is 5.69 Å². The van der Waals surface area contributed by atoms with Crippen molar-refractivity contribution in [3.05, 3.63) is 71.6 Å². The van der Waals surface area contributed by atoms with Gasteiger partial charge >= 0.3 is 0 Å². The molecule has 0 aliphatic heterocycles. The van der Waals surface area contributed by atoms with Crippen molar-refractivity contribution < 1.29 is 27.5 Å². The van der Waals surface area contributed by atoms with Crippen molar-refractivity contribution in [1.82, 2.24) is 10.9 Å². The molecule has 0 aliphatic rings. The van der Waals surface area contributed by atoms with Crippen molar-refractivity contribution in [3.8, 4) is 11.5 Å². The molecule has 0 unspecified atom stereocenters. The van der Waals surface area contributed by atoms with Crippen LogP contribution in [0, 0.1) is 0 Å². The summed E-state index contributed by atoms with van der Waals surface area (Å²) < 4.78 is 37.7. The van der Waals surface area contributed by atoms with E-state index in [2.05, 4.69) is 15.6 Å². The molecule has 3 aromatic rings. The summed E-state index contributed by atoms with van der Waals surface area (Å²) in [5.74, 6) is -0.184. The van der Waals surface area contributed by atoms with Crippen LogP contribution < -0.4 is 25.0 Å². The van der Waals surface area contributed by atoms with Gasteiger partial charge in [-0.2, -0.15) is 0 Å². The smallest absolute Gasteiger partial charge is 0.276 e. The largest absolute Gasteiger partial charge is 0.497 e. The second kappa shape index (κ2) is 9.96. The zero-order chi connectivity index (χ0) is 22.3. The number of carbonyl (C=O) groups is 2. The normalized spacial score (nSPS) is 10.7. The maximum absolute atomic E-state index is 12.5. The first-order chi connectivity index (χ1) is 14.9. The number of amides is 2. The molecule has 2 aromatic carbocycles. The number of methoxy groups -OCH3 is 1. The Balaban J connectivity index is 1.57. The van der Waals surface area contributed by atoms with Gasteiger partial charge in [0.1, 0.15) is 15.7 Å². The fourth-order valence-corrected chi connectivity index (χ4v) is 4.50. The Labute approximate surface area is 183 Å². The van der Waals surface area contributed by atoms with Crippen molar-refractivity contribution in [3.63, 3.8) is 0 Å². The number of rotatable bonds is 8. The molecular formula is C20H19N3O6S2. The fourth-order valence-electron chi connectivity index (χ4n) is 2.43. The van der Waals surface area contributed by atoms with Crippen LogP contribution in [-0.4, -0.2) is 33.9 Å². The minimum absolute atomic E-state index is 0.0407. The van der Waals surface area contributed by atoms with Crippen LogP contribution in [0.5, 0.6) is 11.5 Å². The second-order valence-corrected chi connectivity index (χ2v) is 8.91. The molecule has 3 N–H and O–H groups in total. The van der Waals surface area contributed by atoms with Crippen LogP contribution in [0.3, 0.4) is 0 Å². The molecule has 0 saturated heterocycles. The Kier molecular flexibility index (Phi) is 7.11. The number of benzene rings is 2. The molecule has 0 saturated carbocycles. The highest BCUT2D eigenvalue weighted by molar-refractivity contribution is 7.94. The molecule has 11 heteroatoms. The minimum atomic E-state index is -3.83. The average Bonchev–Trinajstić information content (AvgIpc) is 3.32. The molecule has 0 spiro atoms. The topological polar surface area (TPSA) is 123 Å². The summed E-state index contributed by atoms with van der Waals surface area (Å²) in [7, 11) is -2.29. The van der Waals surface area contributed by atoms with E-state index in [1.807, 2.05) is 0 Å². The maximum Gasteiger partial charge on any atom is 0.276 e. The first-order valence-electron chi connectivity index (χ1n) is 8.90. The molecule has 2 amide bonds. The van der Waals surface area contributed by atoms with Crippen molar-refractivity contribution >= 4 is 38.9 Å². The van der Waals surface area contributed by atoms with Crippen LogP contribution in [0.2, 0.25) is 0 Å². The van der Waals surface area contributed by atoms with E-state index in [1.165, 1.54) is 25.3 Å². The molecule has 9 nitrogen and oxygen atoms in total. The van der Waals surface area contributed by atoms with E-state index >= 15 is 0 Å². The van der Waals surface area contributed by atoms with Gasteiger partial charge in [-0.3, -0.25) is 25.2 Å². The summed E-state index contributed by atoms with van der Waals surface area (Å²) in [5, 5.41) is 1.64. The molecule has 3 rings (SSSR count). The molecule has 162 valence electrons.